The molecule has 0 amide bonds. The minimum Gasteiger partial charge on any atom is -0.478 e. The number of fused-ring (bicyclic) bond motifs is 2. The fourth-order valence-corrected chi connectivity index (χ4v) is 6.36. The molecule has 1 aliphatic rings. The number of ether oxygens (including phenoxy) is 1. The van der Waals surface area contributed by atoms with Gasteiger partial charge in [0.05, 0.1) is 32.8 Å². The van der Waals surface area contributed by atoms with Crippen LogP contribution >= 0.6 is 23.2 Å². The number of hydrogen-bond acceptors (Lipinski definition) is 4. The number of aromatic nitrogens is 3. The summed E-state index contributed by atoms with van der Waals surface area (Å²) < 4.78 is 8.24. The van der Waals surface area contributed by atoms with Gasteiger partial charge < -0.3 is 14.4 Å². The van der Waals surface area contributed by atoms with Gasteiger partial charge in [-0.25, -0.2) is 14.8 Å². The SMILES string of the molecule is O=C(O)c1ccc2c(c1)nc(-c1ccc3nc(-c4ccc(Oc5ccc(Cl)cc5)cc4Cl)ccc3c1)n2C1CCCCC1. The fraction of sp³-hybridized carbons (Fsp3) is 0.171. The molecule has 214 valence electrons. The van der Waals surface area contributed by atoms with Gasteiger partial charge in [-0.1, -0.05) is 48.5 Å². The molecule has 2 heterocycles. The predicted molar refractivity (Wildman–Crippen MR) is 172 cm³/mol. The highest BCUT2D eigenvalue weighted by atomic mass is 35.5. The van der Waals surface area contributed by atoms with Gasteiger partial charge in [0.1, 0.15) is 17.3 Å². The summed E-state index contributed by atoms with van der Waals surface area (Å²) in [5, 5.41) is 11.7. The molecule has 7 rings (SSSR count). The lowest BCUT2D eigenvalue weighted by Crippen LogP contribution is -2.14. The third-order valence-corrected chi connectivity index (χ3v) is 8.65. The molecular weight excluding hydrogens is 581 g/mol. The van der Waals surface area contributed by atoms with Crippen LogP contribution in [0, 0.1) is 0 Å². The van der Waals surface area contributed by atoms with E-state index >= 15 is 0 Å². The first-order chi connectivity index (χ1) is 20.9. The number of carboxylic acid groups (broad SMARTS) is 1. The van der Waals surface area contributed by atoms with E-state index in [0.29, 0.717) is 33.1 Å². The summed E-state index contributed by atoms with van der Waals surface area (Å²) in [4.78, 5) is 21.5. The zero-order chi connectivity index (χ0) is 29.5. The third kappa shape index (κ3) is 5.44. The van der Waals surface area contributed by atoms with Gasteiger partial charge in [-0.15, -0.1) is 0 Å². The first-order valence-electron chi connectivity index (χ1n) is 14.3. The van der Waals surface area contributed by atoms with E-state index in [2.05, 4.69) is 10.6 Å². The van der Waals surface area contributed by atoms with Crippen LogP contribution in [0.2, 0.25) is 10.0 Å². The summed E-state index contributed by atoms with van der Waals surface area (Å²) in [5.74, 6) is 1.20. The average molecular weight is 609 g/mol. The Balaban J connectivity index is 1.23. The standard InChI is InChI=1S/C35H27Cl2N3O3/c36-24-9-11-26(12-10-24)43-27-13-14-28(29(37)20-27)31-16-6-21-18-22(7-15-30(21)38-31)34-39-32-19-23(35(41)42)8-17-33(32)40(34)25-4-2-1-3-5-25/h6-20,25H,1-5H2,(H,41,42). The molecule has 1 N–H and O–H groups in total. The molecule has 1 fully saturated rings. The van der Waals surface area contributed by atoms with E-state index in [1.807, 2.05) is 42.5 Å². The molecular formula is C35H27Cl2N3O3. The molecule has 1 aliphatic carbocycles. The van der Waals surface area contributed by atoms with E-state index in [9.17, 15) is 9.90 Å². The van der Waals surface area contributed by atoms with Crippen LogP contribution in [0.1, 0.15) is 48.5 Å². The number of rotatable bonds is 6. The zero-order valence-corrected chi connectivity index (χ0v) is 24.6. The highest BCUT2D eigenvalue weighted by Gasteiger charge is 2.23. The number of pyridine rings is 1. The molecule has 2 aromatic heterocycles. The number of benzene rings is 4. The second kappa shape index (κ2) is 11.4. The van der Waals surface area contributed by atoms with Crippen molar-refractivity contribution in [2.75, 3.05) is 0 Å². The van der Waals surface area contributed by atoms with Crippen molar-refractivity contribution in [3.05, 3.63) is 107 Å². The number of carboxylic acids is 1. The maximum atomic E-state index is 11.6. The second-order valence-electron chi connectivity index (χ2n) is 10.9. The maximum Gasteiger partial charge on any atom is 0.335 e. The van der Waals surface area contributed by atoms with E-state index in [4.69, 9.17) is 37.9 Å². The molecule has 0 bridgehead atoms. The third-order valence-electron chi connectivity index (χ3n) is 8.09. The zero-order valence-electron chi connectivity index (χ0n) is 23.1. The van der Waals surface area contributed by atoms with Gasteiger partial charge in [0, 0.05) is 33.6 Å². The molecule has 0 aliphatic heterocycles. The van der Waals surface area contributed by atoms with E-state index in [-0.39, 0.29) is 5.56 Å². The monoisotopic (exact) mass is 607 g/mol. The van der Waals surface area contributed by atoms with Crippen LogP contribution in [-0.2, 0) is 0 Å². The topological polar surface area (TPSA) is 77.2 Å². The Morgan fingerprint density at radius 3 is 2.35 bits per heavy atom. The number of imidazole rings is 1. The van der Waals surface area contributed by atoms with Crippen molar-refractivity contribution < 1.29 is 14.6 Å². The van der Waals surface area contributed by atoms with E-state index < -0.39 is 5.97 Å². The molecule has 0 unspecified atom stereocenters. The minimum absolute atomic E-state index is 0.242. The highest BCUT2D eigenvalue weighted by molar-refractivity contribution is 6.33. The van der Waals surface area contributed by atoms with Crippen LogP contribution in [0.3, 0.4) is 0 Å². The van der Waals surface area contributed by atoms with Gasteiger partial charge >= 0.3 is 5.97 Å². The smallest absolute Gasteiger partial charge is 0.335 e. The van der Waals surface area contributed by atoms with Gasteiger partial charge in [0.2, 0.25) is 0 Å². The number of hydrogen-bond donors (Lipinski definition) is 1. The van der Waals surface area contributed by atoms with Crippen molar-refractivity contribution in [2.24, 2.45) is 0 Å². The highest BCUT2D eigenvalue weighted by Crippen LogP contribution is 2.38. The summed E-state index contributed by atoms with van der Waals surface area (Å²) >= 11 is 12.7. The van der Waals surface area contributed by atoms with Gasteiger partial charge in [0.25, 0.3) is 0 Å². The molecule has 4 aromatic carbocycles. The summed E-state index contributed by atoms with van der Waals surface area (Å²) in [7, 11) is 0. The second-order valence-corrected chi connectivity index (χ2v) is 11.8. The van der Waals surface area contributed by atoms with Gasteiger partial charge in [0.15, 0.2) is 0 Å². The van der Waals surface area contributed by atoms with Crippen molar-refractivity contribution >= 4 is 51.1 Å². The number of carbonyl (C=O) groups is 1. The van der Waals surface area contributed by atoms with Crippen LogP contribution < -0.4 is 4.74 Å². The Hall–Kier alpha value is -4.39. The summed E-state index contributed by atoms with van der Waals surface area (Å²) in [5.41, 5.74) is 5.30. The summed E-state index contributed by atoms with van der Waals surface area (Å²) in [6.07, 6.45) is 5.77. The fourth-order valence-electron chi connectivity index (χ4n) is 5.96. The Bertz CT molecular complexity index is 2000. The van der Waals surface area contributed by atoms with Gasteiger partial charge in [-0.3, -0.25) is 0 Å². The van der Waals surface area contributed by atoms with Crippen LogP contribution in [0.5, 0.6) is 11.5 Å². The van der Waals surface area contributed by atoms with Crippen molar-refractivity contribution in [1.82, 2.24) is 14.5 Å². The first-order valence-corrected chi connectivity index (χ1v) is 15.1. The van der Waals surface area contributed by atoms with Crippen LogP contribution in [0.25, 0.3) is 44.6 Å². The minimum atomic E-state index is -0.952. The molecule has 0 radical (unpaired) electrons. The Kier molecular flexibility index (Phi) is 7.25. The quantitative estimate of drug-likeness (QED) is 0.204. The summed E-state index contributed by atoms with van der Waals surface area (Å²) in [6.45, 7) is 0. The Morgan fingerprint density at radius 1 is 0.791 bits per heavy atom. The van der Waals surface area contributed by atoms with E-state index in [1.54, 1.807) is 42.5 Å². The lowest BCUT2D eigenvalue weighted by molar-refractivity contribution is 0.0697. The lowest BCUT2D eigenvalue weighted by Gasteiger charge is -2.25. The van der Waals surface area contributed by atoms with Crippen molar-refractivity contribution in [3.63, 3.8) is 0 Å². The molecule has 0 spiro atoms. The normalized spacial score (nSPS) is 13.9. The molecule has 43 heavy (non-hydrogen) atoms. The molecule has 8 heteroatoms. The predicted octanol–water partition coefficient (Wildman–Crippen LogP) is 10.2. The molecule has 6 nitrogen and oxygen atoms in total. The number of nitrogens with zero attached hydrogens (tertiary/aromatic N) is 3. The van der Waals surface area contributed by atoms with Gasteiger partial charge in [-0.05, 0) is 91.7 Å². The first kappa shape index (κ1) is 27.4. The van der Waals surface area contributed by atoms with E-state index in [1.165, 1.54) is 19.3 Å². The molecule has 0 saturated heterocycles. The van der Waals surface area contributed by atoms with Crippen molar-refractivity contribution in [3.8, 4) is 34.1 Å². The van der Waals surface area contributed by atoms with E-state index in [0.717, 1.165) is 51.9 Å². The molecule has 1 saturated carbocycles. The maximum absolute atomic E-state index is 11.6. The Labute approximate surface area is 258 Å². The number of aromatic carboxylic acids is 1. The van der Waals surface area contributed by atoms with Crippen LogP contribution in [0.15, 0.2) is 91.0 Å². The van der Waals surface area contributed by atoms with Crippen molar-refractivity contribution in [1.29, 1.82) is 0 Å². The lowest BCUT2D eigenvalue weighted by atomic mass is 9.94. The molecule has 0 atom stereocenters. The van der Waals surface area contributed by atoms with Crippen LogP contribution in [-0.4, -0.2) is 25.6 Å². The van der Waals surface area contributed by atoms with Crippen LogP contribution in [0.4, 0.5) is 0 Å². The molecule has 6 aromatic rings. The van der Waals surface area contributed by atoms with Crippen molar-refractivity contribution in [2.45, 2.75) is 38.1 Å². The number of halogens is 2. The average Bonchev–Trinajstić information content (AvgIpc) is 3.41. The summed E-state index contributed by atoms with van der Waals surface area (Å²) in [6, 6.07) is 28.5. The Morgan fingerprint density at radius 2 is 1.58 bits per heavy atom. The largest absolute Gasteiger partial charge is 0.478 e. The van der Waals surface area contributed by atoms with Gasteiger partial charge in [-0.2, -0.15) is 0 Å².